The zero-order valence-corrected chi connectivity index (χ0v) is 26.1. The Hall–Kier alpha value is -2.14. The maximum Gasteiger partial charge on any atom is 0.282 e. The van der Waals surface area contributed by atoms with Gasteiger partial charge in [-0.05, 0) is 89.5 Å². The lowest BCUT2D eigenvalue weighted by Crippen LogP contribution is -2.22. The van der Waals surface area contributed by atoms with E-state index < -0.39 is 0 Å². The normalized spacial score (nSPS) is 11.4. The van der Waals surface area contributed by atoms with Crippen LogP contribution in [0.3, 0.4) is 0 Å². The Labute approximate surface area is 253 Å². The van der Waals surface area contributed by atoms with Gasteiger partial charge in [-0.2, -0.15) is 9.78 Å². The van der Waals surface area contributed by atoms with Crippen molar-refractivity contribution in [3.05, 3.63) is 93.9 Å². The molecular weight excluding hydrogens is 704 g/mol. The quantitative estimate of drug-likeness (QED) is 0.122. The molecule has 0 N–H and O–H groups in total. The summed E-state index contributed by atoms with van der Waals surface area (Å²) in [5, 5.41) is 6.04. The van der Waals surface area contributed by atoms with E-state index in [0.29, 0.717) is 57.9 Å². The molecule has 38 heavy (non-hydrogen) atoms. The fraction of sp³-hybridized carbons (Fsp3) is 0.250. The molecule has 0 spiro atoms. The van der Waals surface area contributed by atoms with Crippen molar-refractivity contribution in [1.82, 2.24) is 9.66 Å². The highest BCUT2D eigenvalue weighted by atomic mass is 127. The molecule has 1 aromatic heterocycles. The molecule has 0 radical (unpaired) electrons. The minimum atomic E-state index is -0.208. The smallest absolute Gasteiger partial charge is 0.282 e. The van der Waals surface area contributed by atoms with Crippen molar-refractivity contribution in [3.63, 3.8) is 0 Å². The van der Waals surface area contributed by atoms with Crippen LogP contribution < -0.4 is 15.0 Å². The number of aryl methyl sites for hydroxylation is 1. The van der Waals surface area contributed by atoms with E-state index in [9.17, 15) is 4.79 Å². The zero-order valence-electron chi connectivity index (χ0n) is 20.8. The molecule has 1 heterocycles. The van der Waals surface area contributed by atoms with E-state index in [2.05, 4.69) is 50.5 Å². The van der Waals surface area contributed by atoms with Crippen LogP contribution in [0.4, 0.5) is 0 Å². The summed E-state index contributed by atoms with van der Waals surface area (Å²) in [7, 11) is 0. The molecule has 0 bridgehead atoms. The van der Waals surface area contributed by atoms with Crippen LogP contribution in [0.25, 0.3) is 10.9 Å². The Morgan fingerprint density at radius 3 is 2.63 bits per heavy atom. The Kier molecular flexibility index (Phi) is 10.1. The highest BCUT2D eigenvalue weighted by Gasteiger charge is 2.14. The molecular formula is C28H25BrCl2IN3O3. The van der Waals surface area contributed by atoms with Crippen LogP contribution in [0.5, 0.6) is 11.5 Å². The van der Waals surface area contributed by atoms with Gasteiger partial charge >= 0.3 is 0 Å². The number of fused-ring (bicyclic) bond motifs is 1. The highest BCUT2D eigenvalue weighted by molar-refractivity contribution is 14.1. The molecule has 10 heteroatoms. The van der Waals surface area contributed by atoms with Crippen LogP contribution >= 0.6 is 61.7 Å². The van der Waals surface area contributed by atoms with Crippen molar-refractivity contribution in [3.8, 4) is 11.5 Å². The first-order chi connectivity index (χ1) is 18.3. The molecule has 0 saturated carbocycles. The van der Waals surface area contributed by atoms with Crippen molar-refractivity contribution in [1.29, 1.82) is 0 Å². The van der Waals surface area contributed by atoms with Gasteiger partial charge in [0.15, 0.2) is 11.5 Å². The van der Waals surface area contributed by atoms with Crippen LogP contribution in [0.15, 0.2) is 62.9 Å². The summed E-state index contributed by atoms with van der Waals surface area (Å²) in [6.07, 6.45) is 4.19. The van der Waals surface area contributed by atoms with Gasteiger partial charge in [-0.3, -0.25) is 4.79 Å². The zero-order chi connectivity index (χ0) is 27.2. The van der Waals surface area contributed by atoms with Gasteiger partial charge in [0, 0.05) is 10.9 Å². The number of ether oxygens (including phenoxy) is 2. The summed E-state index contributed by atoms with van der Waals surface area (Å²) in [6.45, 7) is 4.78. The SMILES string of the molecule is CCCCc1nc2ccc(Br)cc2c(=O)n1N=Cc1cc(I)c(OCc2ccc(Cl)c(Cl)c2)c(OCC)c1. The molecule has 0 amide bonds. The number of hydrogen-bond acceptors (Lipinski definition) is 5. The fourth-order valence-corrected chi connectivity index (χ4v) is 5.25. The van der Waals surface area contributed by atoms with E-state index in [0.717, 1.165) is 32.0 Å². The summed E-state index contributed by atoms with van der Waals surface area (Å²) in [4.78, 5) is 18.1. The van der Waals surface area contributed by atoms with Crippen LogP contribution in [-0.4, -0.2) is 22.5 Å². The second-order valence-corrected chi connectivity index (χ2v) is 11.3. The Balaban J connectivity index is 1.68. The van der Waals surface area contributed by atoms with E-state index in [1.807, 2.05) is 37.3 Å². The minimum Gasteiger partial charge on any atom is -0.490 e. The van der Waals surface area contributed by atoms with E-state index in [4.69, 9.17) is 37.7 Å². The number of unbranched alkanes of at least 4 members (excludes halogenated alkanes) is 1. The number of hydrogen-bond donors (Lipinski definition) is 0. The summed E-state index contributed by atoms with van der Waals surface area (Å²) in [5.74, 6) is 1.83. The van der Waals surface area contributed by atoms with Gasteiger partial charge in [-0.25, -0.2) is 4.98 Å². The topological polar surface area (TPSA) is 65.7 Å². The molecule has 0 saturated heterocycles. The van der Waals surface area contributed by atoms with Crippen molar-refractivity contribution < 1.29 is 9.47 Å². The van der Waals surface area contributed by atoms with Gasteiger partial charge < -0.3 is 9.47 Å². The third-order valence-corrected chi connectivity index (χ3v) is 7.68. The Morgan fingerprint density at radius 1 is 1.08 bits per heavy atom. The number of benzene rings is 3. The second-order valence-electron chi connectivity index (χ2n) is 8.45. The lowest BCUT2D eigenvalue weighted by Gasteiger charge is -2.15. The number of rotatable bonds is 10. The molecule has 0 aliphatic heterocycles. The molecule has 3 aromatic carbocycles. The van der Waals surface area contributed by atoms with E-state index in [1.54, 1.807) is 24.4 Å². The minimum absolute atomic E-state index is 0.208. The van der Waals surface area contributed by atoms with Gasteiger partial charge in [0.25, 0.3) is 5.56 Å². The Bertz CT molecular complexity index is 1560. The maximum absolute atomic E-state index is 13.4. The molecule has 0 unspecified atom stereocenters. The van der Waals surface area contributed by atoms with Crippen molar-refractivity contribution in [2.45, 2.75) is 39.7 Å². The summed E-state index contributed by atoms with van der Waals surface area (Å²) in [5.41, 5.74) is 2.10. The molecule has 0 fully saturated rings. The van der Waals surface area contributed by atoms with Crippen molar-refractivity contribution in [2.75, 3.05) is 6.61 Å². The van der Waals surface area contributed by atoms with Gasteiger partial charge in [0.1, 0.15) is 12.4 Å². The first-order valence-corrected chi connectivity index (χ1v) is 14.7. The lowest BCUT2D eigenvalue weighted by atomic mass is 10.2. The molecule has 0 aliphatic carbocycles. The largest absolute Gasteiger partial charge is 0.490 e. The van der Waals surface area contributed by atoms with Gasteiger partial charge in [-0.1, -0.05) is 58.5 Å². The van der Waals surface area contributed by atoms with E-state index in [-0.39, 0.29) is 5.56 Å². The van der Waals surface area contributed by atoms with Crippen LogP contribution in [0.2, 0.25) is 10.0 Å². The predicted molar refractivity (Wildman–Crippen MR) is 166 cm³/mol. The molecule has 198 valence electrons. The van der Waals surface area contributed by atoms with Gasteiger partial charge in [0.2, 0.25) is 0 Å². The first kappa shape index (κ1) is 28.9. The summed E-state index contributed by atoms with van der Waals surface area (Å²) < 4.78 is 15.1. The predicted octanol–water partition coefficient (Wildman–Crippen LogP) is 8.27. The first-order valence-electron chi connectivity index (χ1n) is 12.1. The summed E-state index contributed by atoms with van der Waals surface area (Å²) in [6, 6.07) is 14.7. The average Bonchev–Trinajstić information content (AvgIpc) is 2.89. The van der Waals surface area contributed by atoms with Crippen LogP contribution in [0, 0.1) is 3.57 Å². The summed E-state index contributed by atoms with van der Waals surface area (Å²) >= 11 is 17.8. The second kappa shape index (κ2) is 13.3. The van der Waals surface area contributed by atoms with Gasteiger partial charge in [-0.15, -0.1) is 0 Å². The monoisotopic (exact) mass is 727 g/mol. The third kappa shape index (κ3) is 6.89. The van der Waals surface area contributed by atoms with Crippen molar-refractivity contribution in [2.24, 2.45) is 5.10 Å². The van der Waals surface area contributed by atoms with Crippen LogP contribution in [0.1, 0.15) is 43.6 Å². The Morgan fingerprint density at radius 2 is 1.89 bits per heavy atom. The number of aromatic nitrogens is 2. The fourth-order valence-electron chi connectivity index (χ4n) is 3.79. The molecule has 4 rings (SSSR count). The molecule has 0 aliphatic rings. The average molecular weight is 729 g/mol. The van der Waals surface area contributed by atoms with Crippen molar-refractivity contribution >= 4 is 78.8 Å². The highest BCUT2D eigenvalue weighted by Crippen LogP contribution is 2.35. The number of nitrogens with zero attached hydrogens (tertiary/aromatic N) is 3. The standard InChI is InChI=1S/C28H25BrCl2IN3O3/c1-3-5-6-26-34-24-10-8-19(29)14-20(24)28(36)35(26)33-15-18-12-23(32)27(25(13-18)37-4-2)38-16-17-7-9-21(30)22(31)11-17/h7-15H,3-6,16H2,1-2H3. The maximum atomic E-state index is 13.4. The molecule has 6 nitrogen and oxygen atoms in total. The van der Waals surface area contributed by atoms with E-state index in [1.165, 1.54) is 4.68 Å². The van der Waals surface area contributed by atoms with E-state index >= 15 is 0 Å². The molecule has 4 aromatic rings. The molecule has 0 atom stereocenters. The third-order valence-electron chi connectivity index (χ3n) is 5.65. The number of halogens is 4. The van der Waals surface area contributed by atoms with Gasteiger partial charge in [0.05, 0.1) is 37.3 Å². The van der Waals surface area contributed by atoms with Crippen LogP contribution in [-0.2, 0) is 13.0 Å². The lowest BCUT2D eigenvalue weighted by molar-refractivity contribution is 0.267.